The zero-order chi connectivity index (χ0) is 11.8. The van der Waals surface area contributed by atoms with Crippen molar-refractivity contribution in [2.24, 2.45) is 7.05 Å². The molecule has 0 saturated carbocycles. The lowest BCUT2D eigenvalue weighted by Gasteiger charge is -2.14. The van der Waals surface area contributed by atoms with E-state index in [9.17, 15) is 0 Å². The quantitative estimate of drug-likeness (QED) is 0.822. The van der Waals surface area contributed by atoms with Crippen LogP contribution in [-0.4, -0.2) is 22.6 Å². The molecule has 0 bridgehead atoms. The normalized spacial score (nSPS) is 17.1. The molecule has 1 aromatic heterocycles. The second-order valence-electron chi connectivity index (χ2n) is 4.85. The molecule has 1 aromatic carbocycles. The van der Waals surface area contributed by atoms with E-state index < -0.39 is 0 Å². The Balaban J connectivity index is 1.99. The number of benzene rings is 1. The molecule has 2 nitrogen and oxygen atoms in total. The average molecular weight is 293 g/mol. The summed E-state index contributed by atoms with van der Waals surface area (Å²) in [5.41, 5.74) is 2.72. The van der Waals surface area contributed by atoms with Gasteiger partial charge in [0.25, 0.3) is 0 Å². The number of nitrogens with zero attached hydrogens (tertiary/aromatic N) is 2. The molecule has 3 rings (SSSR count). The van der Waals surface area contributed by atoms with E-state index >= 15 is 0 Å². The van der Waals surface area contributed by atoms with Crippen molar-refractivity contribution in [2.45, 2.75) is 19.4 Å². The van der Waals surface area contributed by atoms with Crippen LogP contribution in [0.25, 0.3) is 10.9 Å². The monoisotopic (exact) mass is 292 g/mol. The van der Waals surface area contributed by atoms with Gasteiger partial charge in [-0.3, -0.25) is 4.90 Å². The molecule has 0 aliphatic carbocycles. The fourth-order valence-electron chi connectivity index (χ4n) is 2.70. The molecule has 1 saturated heterocycles. The summed E-state index contributed by atoms with van der Waals surface area (Å²) in [5.74, 6) is 0. The fraction of sp³-hybridized carbons (Fsp3) is 0.429. The van der Waals surface area contributed by atoms with Gasteiger partial charge in [-0.25, -0.2) is 0 Å². The fourth-order valence-corrected chi connectivity index (χ4v) is 3.17. The standard InChI is InChI=1S/C14H17BrN2/c1-16-11(10-17-7-2-3-8-17)9-12-13(15)5-4-6-14(12)16/h4-6,9H,2-3,7-8,10H2,1H3. The number of hydrogen-bond donors (Lipinski definition) is 0. The third kappa shape index (κ3) is 2.02. The molecule has 2 heterocycles. The van der Waals surface area contributed by atoms with Gasteiger partial charge in [0, 0.05) is 34.7 Å². The van der Waals surface area contributed by atoms with Crippen LogP contribution in [0, 0.1) is 0 Å². The summed E-state index contributed by atoms with van der Waals surface area (Å²) in [4.78, 5) is 2.54. The Bertz CT molecular complexity index is 538. The SMILES string of the molecule is Cn1c(CN2CCCC2)cc2c(Br)cccc21. The number of aromatic nitrogens is 1. The van der Waals surface area contributed by atoms with Crippen molar-refractivity contribution in [3.05, 3.63) is 34.4 Å². The first-order chi connectivity index (χ1) is 8.25. The van der Waals surface area contributed by atoms with Crippen molar-refractivity contribution < 1.29 is 0 Å². The number of halogens is 1. The van der Waals surface area contributed by atoms with Gasteiger partial charge in [0.1, 0.15) is 0 Å². The summed E-state index contributed by atoms with van der Waals surface area (Å²) in [7, 11) is 2.17. The maximum absolute atomic E-state index is 3.63. The highest BCUT2D eigenvalue weighted by Gasteiger charge is 2.15. The van der Waals surface area contributed by atoms with E-state index in [4.69, 9.17) is 0 Å². The zero-order valence-corrected chi connectivity index (χ0v) is 11.7. The van der Waals surface area contributed by atoms with Gasteiger partial charge in [-0.2, -0.15) is 0 Å². The van der Waals surface area contributed by atoms with E-state index in [0.29, 0.717) is 0 Å². The minimum absolute atomic E-state index is 1.08. The molecule has 1 fully saturated rings. The molecule has 90 valence electrons. The minimum Gasteiger partial charge on any atom is -0.346 e. The highest BCUT2D eigenvalue weighted by molar-refractivity contribution is 9.10. The third-order valence-corrected chi connectivity index (χ3v) is 4.41. The van der Waals surface area contributed by atoms with Gasteiger partial charge in [0.2, 0.25) is 0 Å². The van der Waals surface area contributed by atoms with Crippen LogP contribution < -0.4 is 0 Å². The molecule has 0 radical (unpaired) electrons. The second kappa shape index (κ2) is 4.46. The largest absolute Gasteiger partial charge is 0.346 e. The van der Waals surface area contributed by atoms with Gasteiger partial charge < -0.3 is 4.57 Å². The maximum Gasteiger partial charge on any atom is 0.0491 e. The summed E-state index contributed by atoms with van der Waals surface area (Å²) >= 11 is 3.63. The Morgan fingerprint density at radius 2 is 2.00 bits per heavy atom. The Labute approximate surface area is 110 Å². The van der Waals surface area contributed by atoms with E-state index in [0.717, 1.165) is 6.54 Å². The summed E-state index contributed by atoms with van der Waals surface area (Å²) in [6.07, 6.45) is 2.71. The molecule has 0 atom stereocenters. The molecule has 17 heavy (non-hydrogen) atoms. The third-order valence-electron chi connectivity index (χ3n) is 3.72. The molecule has 1 aliphatic heterocycles. The van der Waals surface area contributed by atoms with Crippen LogP contribution in [0.5, 0.6) is 0 Å². The van der Waals surface area contributed by atoms with Crippen LogP contribution in [0.15, 0.2) is 28.7 Å². The molecule has 0 N–H and O–H groups in total. The van der Waals surface area contributed by atoms with E-state index in [2.05, 4.69) is 56.7 Å². The Morgan fingerprint density at radius 1 is 1.24 bits per heavy atom. The Kier molecular flexibility index (Phi) is 2.97. The van der Waals surface area contributed by atoms with Crippen LogP contribution in [0.4, 0.5) is 0 Å². The van der Waals surface area contributed by atoms with Crippen molar-refractivity contribution in [3.8, 4) is 0 Å². The van der Waals surface area contributed by atoms with Gasteiger partial charge in [-0.05, 0) is 44.1 Å². The average Bonchev–Trinajstić information content (AvgIpc) is 2.92. The van der Waals surface area contributed by atoms with Gasteiger partial charge >= 0.3 is 0 Å². The van der Waals surface area contributed by atoms with Gasteiger partial charge in [0.05, 0.1) is 0 Å². The predicted octanol–water partition coefficient (Wildman–Crippen LogP) is 3.54. The predicted molar refractivity (Wildman–Crippen MR) is 75.1 cm³/mol. The molecule has 1 aliphatic rings. The summed E-state index contributed by atoms with van der Waals surface area (Å²) in [6, 6.07) is 8.72. The molecule has 0 amide bonds. The zero-order valence-electron chi connectivity index (χ0n) is 10.1. The van der Waals surface area contributed by atoms with E-state index in [1.807, 2.05) is 0 Å². The van der Waals surface area contributed by atoms with E-state index in [-0.39, 0.29) is 0 Å². The summed E-state index contributed by atoms with van der Waals surface area (Å²) in [5, 5.41) is 1.32. The first-order valence-corrected chi connectivity index (χ1v) is 7.00. The Hall–Kier alpha value is -0.800. The van der Waals surface area contributed by atoms with Crippen LogP contribution in [0.2, 0.25) is 0 Å². The van der Waals surface area contributed by atoms with Crippen molar-refractivity contribution in [1.82, 2.24) is 9.47 Å². The number of fused-ring (bicyclic) bond motifs is 1. The summed E-state index contributed by atoms with van der Waals surface area (Å²) in [6.45, 7) is 3.59. The van der Waals surface area contributed by atoms with Gasteiger partial charge in [0.15, 0.2) is 0 Å². The topological polar surface area (TPSA) is 8.17 Å². The van der Waals surface area contributed by atoms with Crippen molar-refractivity contribution in [1.29, 1.82) is 0 Å². The van der Waals surface area contributed by atoms with Crippen LogP contribution in [0.1, 0.15) is 18.5 Å². The molecule has 0 unspecified atom stereocenters. The number of likely N-dealkylation sites (tertiary alicyclic amines) is 1. The highest BCUT2D eigenvalue weighted by Crippen LogP contribution is 2.27. The summed E-state index contributed by atoms with van der Waals surface area (Å²) < 4.78 is 3.51. The second-order valence-corrected chi connectivity index (χ2v) is 5.70. The lowest BCUT2D eigenvalue weighted by molar-refractivity contribution is 0.324. The van der Waals surface area contributed by atoms with Crippen molar-refractivity contribution >= 4 is 26.8 Å². The van der Waals surface area contributed by atoms with Crippen molar-refractivity contribution in [3.63, 3.8) is 0 Å². The van der Waals surface area contributed by atoms with E-state index in [1.54, 1.807) is 0 Å². The number of rotatable bonds is 2. The highest BCUT2D eigenvalue weighted by atomic mass is 79.9. The molecule has 3 heteroatoms. The van der Waals surface area contributed by atoms with Crippen molar-refractivity contribution in [2.75, 3.05) is 13.1 Å². The molecule has 0 spiro atoms. The maximum atomic E-state index is 3.63. The number of hydrogen-bond acceptors (Lipinski definition) is 1. The van der Waals surface area contributed by atoms with Gasteiger partial charge in [-0.15, -0.1) is 0 Å². The molecular weight excluding hydrogens is 276 g/mol. The van der Waals surface area contributed by atoms with Gasteiger partial charge in [-0.1, -0.05) is 22.0 Å². The lowest BCUT2D eigenvalue weighted by atomic mass is 10.2. The van der Waals surface area contributed by atoms with Crippen LogP contribution in [-0.2, 0) is 13.6 Å². The van der Waals surface area contributed by atoms with Crippen LogP contribution >= 0.6 is 15.9 Å². The minimum atomic E-state index is 1.08. The smallest absolute Gasteiger partial charge is 0.0491 e. The lowest BCUT2D eigenvalue weighted by Crippen LogP contribution is -2.19. The first-order valence-electron chi connectivity index (χ1n) is 6.21. The first kappa shape index (κ1) is 11.3. The molecule has 2 aromatic rings. The van der Waals surface area contributed by atoms with Crippen LogP contribution in [0.3, 0.4) is 0 Å². The number of aryl methyl sites for hydroxylation is 1. The molecular formula is C14H17BrN2. The Morgan fingerprint density at radius 3 is 2.71 bits per heavy atom. The van der Waals surface area contributed by atoms with E-state index in [1.165, 1.54) is 47.0 Å².